The lowest BCUT2D eigenvalue weighted by Crippen LogP contribution is -2.50. The van der Waals surface area contributed by atoms with Crippen molar-refractivity contribution < 1.29 is 33.3 Å². The molecule has 0 spiro atoms. The van der Waals surface area contributed by atoms with Gasteiger partial charge in [-0.1, -0.05) is 13.8 Å². The molecule has 1 aromatic carbocycles. The number of ether oxygens (including phenoxy) is 2. The lowest BCUT2D eigenvalue weighted by Gasteiger charge is -2.33. The highest BCUT2D eigenvalue weighted by Gasteiger charge is 2.30. The van der Waals surface area contributed by atoms with Crippen molar-refractivity contribution in [3.8, 4) is 0 Å². The SMILES string of the molecule is CC(=O)N1CCN(Cc2cc(F)cc(F)c2)CCCCOC[C@@H](O)[C@@H](O)[C@H](OCCC(C)C)C1. The maximum Gasteiger partial charge on any atom is 0.219 e. The first-order chi connectivity index (χ1) is 16.2. The third kappa shape index (κ3) is 10.3. The first kappa shape index (κ1) is 28.6. The van der Waals surface area contributed by atoms with Crippen LogP contribution in [0.3, 0.4) is 0 Å². The van der Waals surface area contributed by atoms with Gasteiger partial charge in [0.2, 0.25) is 5.91 Å². The van der Waals surface area contributed by atoms with E-state index < -0.39 is 29.9 Å². The van der Waals surface area contributed by atoms with Crippen LogP contribution in [0, 0.1) is 17.6 Å². The molecule has 2 rings (SSSR count). The monoisotopic (exact) mass is 486 g/mol. The number of nitrogens with zero attached hydrogens (tertiary/aromatic N) is 2. The van der Waals surface area contributed by atoms with Crippen molar-refractivity contribution in [1.82, 2.24) is 9.80 Å². The molecule has 0 bridgehead atoms. The summed E-state index contributed by atoms with van der Waals surface area (Å²) in [6, 6.07) is 3.48. The molecule has 0 radical (unpaired) electrons. The second-order valence-corrected chi connectivity index (χ2v) is 9.45. The molecule has 1 heterocycles. The average molecular weight is 487 g/mol. The lowest BCUT2D eigenvalue weighted by molar-refractivity contribution is -0.140. The van der Waals surface area contributed by atoms with Crippen LogP contribution in [0.1, 0.15) is 45.6 Å². The Hall–Kier alpha value is -1.65. The second-order valence-electron chi connectivity index (χ2n) is 9.45. The number of rotatable bonds is 6. The second kappa shape index (κ2) is 14.7. The van der Waals surface area contributed by atoms with E-state index in [9.17, 15) is 23.8 Å². The molecule has 2 N–H and O–H groups in total. The van der Waals surface area contributed by atoms with Crippen molar-refractivity contribution in [3.63, 3.8) is 0 Å². The quantitative estimate of drug-likeness (QED) is 0.643. The van der Waals surface area contributed by atoms with Crippen LogP contribution in [0.25, 0.3) is 0 Å². The van der Waals surface area contributed by atoms with E-state index in [1.54, 1.807) is 4.90 Å². The highest BCUT2D eigenvalue weighted by atomic mass is 19.1. The first-order valence-corrected chi connectivity index (χ1v) is 12.1. The number of carbonyl (C=O) groups excluding carboxylic acids is 1. The molecule has 1 amide bonds. The van der Waals surface area contributed by atoms with Crippen molar-refractivity contribution in [2.24, 2.45) is 5.92 Å². The Morgan fingerprint density at radius 3 is 2.50 bits per heavy atom. The van der Waals surface area contributed by atoms with Gasteiger partial charge in [0, 0.05) is 52.4 Å². The van der Waals surface area contributed by atoms with Crippen LogP contribution in [0.4, 0.5) is 8.78 Å². The van der Waals surface area contributed by atoms with E-state index in [0.29, 0.717) is 50.9 Å². The largest absolute Gasteiger partial charge is 0.388 e. The third-order valence-corrected chi connectivity index (χ3v) is 5.96. The highest BCUT2D eigenvalue weighted by Crippen LogP contribution is 2.14. The topological polar surface area (TPSA) is 82.5 Å². The zero-order valence-corrected chi connectivity index (χ0v) is 20.6. The van der Waals surface area contributed by atoms with Gasteiger partial charge in [0.05, 0.1) is 6.61 Å². The maximum absolute atomic E-state index is 13.7. The van der Waals surface area contributed by atoms with Crippen LogP contribution in [0.15, 0.2) is 18.2 Å². The highest BCUT2D eigenvalue weighted by molar-refractivity contribution is 5.73. The van der Waals surface area contributed by atoms with E-state index in [1.165, 1.54) is 19.1 Å². The number of carbonyl (C=O) groups is 1. The number of aliphatic hydroxyl groups is 2. The number of aliphatic hydroxyl groups excluding tert-OH is 2. The van der Waals surface area contributed by atoms with Crippen molar-refractivity contribution in [3.05, 3.63) is 35.4 Å². The zero-order chi connectivity index (χ0) is 25.1. The number of halogens is 2. The molecule has 3 atom stereocenters. The zero-order valence-electron chi connectivity index (χ0n) is 20.6. The van der Waals surface area contributed by atoms with Gasteiger partial charge < -0.3 is 24.6 Å². The Balaban J connectivity index is 2.15. The van der Waals surface area contributed by atoms with Gasteiger partial charge in [-0.25, -0.2) is 8.78 Å². The van der Waals surface area contributed by atoms with Crippen LogP contribution >= 0.6 is 0 Å². The van der Waals surface area contributed by atoms with Gasteiger partial charge in [0.1, 0.15) is 29.9 Å². The third-order valence-electron chi connectivity index (χ3n) is 5.96. The minimum absolute atomic E-state index is 0.0302. The molecular weight excluding hydrogens is 446 g/mol. The van der Waals surface area contributed by atoms with Gasteiger partial charge in [-0.15, -0.1) is 0 Å². The molecule has 1 aliphatic heterocycles. The molecule has 1 saturated heterocycles. The summed E-state index contributed by atoms with van der Waals surface area (Å²) < 4.78 is 38.8. The molecule has 1 fully saturated rings. The van der Waals surface area contributed by atoms with Crippen molar-refractivity contribution in [2.75, 3.05) is 46.0 Å². The molecule has 34 heavy (non-hydrogen) atoms. The van der Waals surface area contributed by atoms with Crippen LogP contribution in [0.2, 0.25) is 0 Å². The maximum atomic E-state index is 13.7. The fourth-order valence-electron chi connectivity index (χ4n) is 3.89. The van der Waals surface area contributed by atoms with Gasteiger partial charge in [0.15, 0.2) is 0 Å². The molecule has 0 unspecified atom stereocenters. The number of benzene rings is 1. The minimum Gasteiger partial charge on any atom is -0.388 e. The van der Waals surface area contributed by atoms with Gasteiger partial charge >= 0.3 is 0 Å². The Kier molecular flexibility index (Phi) is 12.3. The predicted octanol–water partition coefficient (Wildman–Crippen LogP) is 2.58. The fraction of sp³-hybridized carbons (Fsp3) is 0.720. The molecule has 1 aromatic rings. The van der Waals surface area contributed by atoms with E-state index in [4.69, 9.17) is 9.47 Å². The summed E-state index contributed by atoms with van der Waals surface area (Å²) in [4.78, 5) is 16.0. The molecule has 0 saturated carbocycles. The summed E-state index contributed by atoms with van der Waals surface area (Å²) in [5.41, 5.74) is 0.526. The predicted molar refractivity (Wildman–Crippen MR) is 125 cm³/mol. The summed E-state index contributed by atoms with van der Waals surface area (Å²) in [6.07, 6.45) is -0.814. The van der Waals surface area contributed by atoms with Crippen LogP contribution in [0.5, 0.6) is 0 Å². The molecule has 194 valence electrons. The van der Waals surface area contributed by atoms with E-state index in [0.717, 1.165) is 25.3 Å². The van der Waals surface area contributed by atoms with Crippen LogP contribution < -0.4 is 0 Å². The molecular formula is C25H40F2N2O5. The Labute approximate surface area is 201 Å². The van der Waals surface area contributed by atoms with E-state index in [-0.39, 0.29) is 19.1 Å². The van der Waals surface area contributed by atoms with Crippen molar-refractivity contribution in [1.29, 1.82) is 0 Å². The summed E-state index contributed by atoms with van der Waals surface area (Å²) in [6.45, 7) is 8.34. The summed E-state index contributed by atoms with van der Waals surface area (Å²) in [5, 5.41) is 21.2. The van der Waals surface area contributed by atoms with Crippen molar-refractivity contribution >= 4 is 5.91 Å². The van der Waals surface area contributed by atoms with Gasteiger partial charge in [-0.2, -0.15) is 0 Å². The van der Waals surface area contributed by atoms with Crippen LogP contribution in [-0.2, 0) is 20.8 Å². The fourth-order valence-corrected chi connectivity index (χ4v) is 3.89. The summed E-state index contributed by atoms with van der Waals surface area (Å²) >= 11 is 0. The number of hydrogen-bond donors (Lipinski definition) is 2. The molecule has 7 nitrogen and oxygen atoms in total. The van der Waals surface area contributed by atoms with E-state index in [1.807, 2.05) is 0 Å². The standard InChI is InChI=1S/C25H40F2N2O5/c1-18(2)6-11-34-24-16-29(19(3)30)9-8-28(15-20-12-21(26)14-22(27)13-20)7-4-5-10-33-17-23(31)25(24)32/h12-14,18,23-25,31-32H,4-11,15-17H2,1-3H3/t23-,24-,25-/m1/s1. The Morgan fingerprint density at radius 1 is 1.15 bits per heavy atom. The number of amides is 1. The van der Waals surface area contributed by atoms with Gasteiger partial charge in [-0.05, 0) is 49.4 Å². The van der Waals surface area contributed by atoms with E-state index >= 15 is 0 Å². The molecule has 0 aromatic heterocycles. The van der Waals surface area contributed by atoms with Gasteiger partial charge in [-0.3, -0.25) is 9.69 Å². The lowest BCUT2D eigenvalue weighted by atomic mass is 10.1. The summed E-state index contributed by atoms with van der Waals surface area (Å²) in [7, 11) is 0. The smallest absolute Gasteiger partial charge is 0.219 e. The van der Waals surface area contributed by atoms with Crippen molar-refractivity contribution in [2.45, 2.75) is 64.9 Å². The minimum atomic E-state index is -1.21. The van der Waals surface area contributed by atoms with E-state index in [2.05, 4.69) is 18.7 Å². The molecule has 0 aliphatic carbocycles. The summed E-state index contributed by atoms with van der Waals surface area (Å²) in [5.74, 6) is -1.01. The van der Waals surface area contributed by atoms with Crippen LogP contribution in [-0.4, -0.2) is 90.2 Å². The normalized spacial score (nSPS) is 24.2. The molecule has 1 aliphatic rings. The average Bonchev–Trinajstić information content (AvgIpc) is 2.74. The first-order valence-electron chi connectivity index (χ1n) is 12.1. The Morgan fingerprint density at radius 2 is 1.85 bits per heavy atom. The molecule has 9 heteroatoms. The van der Waals surface area contributed by atoms with Gasteiger partial charge in [0.25, 0.3) is 0 Å². The number of hydrogen-bond acceptors (Lipinski definition) is 6. The Bertz CT molecular complexity index is 732.